The zero-order chi connectivity index (χ0) is 17.4. The molecule has 0 unspecified atom stereocenters. The average Bonchev–Trinajstić information content (AvgIpc) is 3.31. The number of piperidine rings is 1. The molecule has 25 heavy (non-hydrogen) atoms. The highest BCUT2D eigenvalue weighted by Gasteiger charge is 2.39. The van der Waals surface area contributed by atoms with Crippen molar-refractivity contribution in [1.82, 2.24) is 9.88 Å². The standard InChI is InChI=1S/C17H19N3O3S2/c21-17(15-11-24-12-18-15)19-8-3-5-14(10-19)25(22,23)20-9-7-13-4-1-2-6-16(13)20/h1-2,4,6,11-12,14H,3,5,7-10H2/t14-/m0/s1. The van der Waals surface area contributed by atoms with E-state index in [1.54, 1.807) is 15.8 Å². The topological polar surface area (TPSA) is 70.6 Å². The molecule has 1 fully saturated rings. The van der Waals surface area contributed by atoms with E-state index >= 15 is 0 Å². The Kier molecular flexibility index (Phi) is 4.24. The van der Waals surface area contributed by atoms with Crippen LogP contribution in [-0.2, 0) is 16.4 Å². The van der Waals surface area contributed by atoms with E-state index < -0.39 is 15.3 Å². The van der Waals surface area contributed by atoms with Crippen molar-refractivity contribution >= 4 is 33.0 Å². The van der Waals surface area contributed by atoms with Crippen molar-refractivity contribution < 1.29 is 13.2 Å². The number of carbonyl (C=O) groups excluding carboxylic acids is 1. The van der Waals surface area contributed by atoms with Crippen LogP contribution < -0.4 is 4.31 Å². The molecule has 0 N–H and O–H groups in total. The molecule has 1 aromatic carbocycles. The molecule has 4 rings (SSSR count). The number of sulfonamides is 1. The maximum absolute atomic E-state index is 13.2. The van der Waals surface area contributed by atoms with Gasteiger partial charge in [-0.2, -0.15) is 0 Å². The predicted molar refractivity (Wildman–Crippen MR) is 97.5 cm³/mol. The summed E-state index contributed by atoms with van der Waals surface area (Å²) in [7, 11) is -3.49. The summed E-state index contributed by atoms with van der Waals surface area (Å²) in [4.78, 5) is 18.2. The van der Waals surface area contributed by atoms with E-state index in [-0.39, 0.29) is 12.5 Å². The SMILES string of the molecule is O=C(c1cscn1)N1CCC[C@H](S(=O)(=O)N2CCc3ccccc32)C1. The second kappa shape index (κ2) is 6.42. The third-order valence-corrected chi connectivity index (χ3v) is 7.70. The van der Waals surface area contributed by atoms with Gasteiger partial charge in [0.15, 0.2) is 0 Å². The van der Waals surface area contributed by atoms with Crippen LogP contribution in [0.4, 0.5) is 5.69 Å². The lowest BCUT2D eigenvalue weighted by Crippen LogP contribution is -2.49. The van der Waals surface area contributed by atoms with Gasteiger partial charge in [-0.15, -0.1) is 11.3 Å². The molecule has 8 heteroatoms. The number of aromatic nitrogens is 1. The molecule has 1 amide bonds. The zero-order valence-corrected chi connectivity index (χ0v) is 15.3. The summed E-state index contributed by atoms with van der Waals surface area (Å²) >= 11 is 1.37. The van der Waals surface area contributed by atoms with Crippen LogP contribution in [0.25, 0.3) is 0 Å². The van der Waals surface area contributed by atoms with E-state index in [1.807, 2.05) is 24.3 Å². The Hall–Kier alpha value is -1.93. The van der Waals surface area contributed by atoms with Gasteiger partial charge in [0.05, 0.1) is 16.4 Å². The fraction of sp³-hybridized carbons (Fsp3) is 0.412. The van der Waals surface area contributed by atoms with Gasteiger partial charge in [0.1, 0.15) is 5.69 Å². The van der Waals surface area contributed by atoms with Crippen LogP contribution in [0.3, 0.4) is 0 Å². The summed E-state index contributed by atoms with van der Waals surface area (Å²) in [5.41, 5.74) is 3.87. The van der Waals surface area contributed by atoms with Crippen molar-refractivity contribution in [3.05, 3.63) is 46.4 Å². The summed E-state index contributed by atoms with van der Waals surface area (Å²) in [6.07, 6.45) is 2.01. The number of amides is 1. The van der Waals surface area contributed by atoms with Gasteiger partial charge in [0.25, 0.3) is 5.91 Å². The number of thiazole rings is 1. The van der Waals surface area contributed by atoms with Crippen molar-refractivity contribution in [2.24, 2.45) is 0 Å². The quantitative estimate of drug-likeness (QED) is 0.822. The van der Waals surface area contributed by atoms with E-state index in [2.05, 4.69) is 4.98 Å². The van der Waals surface area contributed by atoms with Crippen LogP contribution in [0.2, 0.25) is 0 Å². The minimum absolute atomic E-state index is 0.178. The molecule has 1 aromatic heterocycles. The first-order valence-corrected chi connectivity index (χ1v) is 10.8. The Bertz CT molecular complexity index is 880. The Balaban J connectivity index is 1.56. The Labute approximate surface area is 151 Å². The molecule has 0 spiro atoms. The monoisotopic (exact) mass is 377 g/mol. The fourth-order valence-electron chi connectivity index (χ4n) is 3.60. The largest absolute Gasteiger partial charge is 0.336 e. The number of benzene rings is 1. The highest BCUT2D eigenvalue weighted by Crippen LogP contribution is 2.33. The molecule has 1 saturated heterocycles. The molecule has 2 aliphatic rings. The van der Waals surface area contributed by atoms with E-state index in [4.69, 9.17) is 0 Å². The minimum Gasteiger partial charge on any atom is -0.336 e. The highest BCUT2D eigenvalue weighted by molar-refractivity contribution is 7.93. The predicted octanol–water partition coefficient (Wildman–Crippen LogP) is 2.14. The number of likely N-dealkylation sites (tertiary alicyclic amines) is 1. The van der Waals surface area contributed by atoms with Gasteiger partial charge in [-0.3, -0.25) is 9.10 Å². The third-order valence-electron chi connectivity index (χ3n) is 4.89. The van der Waals surface area contributed by atoms with E-state index in [0.717, 1.165) is 17.7 Å². The van der Waals surface area contributed by atoms with Crippen molar-refractivity contribution in [3.63, 3.8) is 0 Å². The van der Waals surface area contributed by atoms with E-state index in [9.17, 15) is 13.2 Å². The molecule has 0 radical (unpaired) electrons. The smallest absolute Gasteiger partial charge is 0.273 e. The number of anilines is 1. The van der Waals surface area contributed by atoms with Crippen molar-refractivity contribution in [3.8, 4) is 0 Å². The van der Waals surface area contributed by atoms with Gasteiger partial charge in [-0.05, 0) is 30.9 Å². The summed E-state index contributed by atoms with van der Waals surface area (Å²) < 4.78 is 27.9. The number of para-hydroxylation sites is 1. The van der Waals surface area contributed by atoms with E-state index in [1.165, 1.54) is 15.6 Å². The van der Waals surface area contributed by atoms with Crippen molar-refractivity contribution in [1.29, 1.82) is 0 Å². The van der Waals surface area contributed by atoms with Gasteiger partial charge >= 0.3 is 0 Å². The molecular weight excluding hydrogens is 358 g/mol. The summed E-state index contributed by atoms with van der Waals surface area (Å²) in [5, 5.41) is 1.15. The minimum atomic E-state index is -3.49. The highest BCUT2D eigenvalue weighted by atomic mass is 32.2. The maximum Gasteiger partial charge on any atom is 0.273 e. The molecule has 0 saturated carbocycles. The van der Waals surface area contributed by atoms with E-state index in [0.29, 0.717) is 31.6 Å². The molecule has 6 nitrogen and oxygen atoms in total. The van der Waals surface area contributed by atoms with Crippen LogP contribution in [0.5, 0.6) is 0 Å². The molecule has 1 atom stereocenters. The first kappa shape index (κ1) is 16.5. The lowest BCUT2D eigenvalue weighted by atomic mass is 10.1. The molecule has 0 bridgehead atoms. The second-order valence-corrected chi connectivity index (χ2v) is 9.24. The zero-order valence-electron chi connectivity index (χ0n) is 13.7. The molecule has 132 valence electrons. The Morgan fingerprint density at radius 2 is 2.08 bits per heavy atom. The number of hydrogen-bond donors (Lipinski definition) is 0. The van der Waals surface area contributed by atoms with Gasteiger partial charge in [0.2, 0.25) is 10.0 Å². The third kappa shape index (κ3) is 2.93. The maximum atomic E-state index is 13.2. The Morgan fingerprint density at radius 1 is 1.24 bits per heavy atom. The van der Waals surface area contributed by atoms with Crippen LogP contribution in [0.15, 0.2) is 35.2 Å². The molecule has 2 aliphatic heterocycles. The average molecular weight is 377 g/mol. The summed E-state index contributed by atoms with van der Waals surface area (Å²) in [6.45, 7) is 1.30. The Morgan fingerprint density at radius 3 is 2.88 bits per heavy atom. The summed E-state index contributed by atoms with van der Waals surface area (Å²) in [5.74, 6) is -0.178. The van der Waals surface area contributed by atoms with Gasteiger partial charge < -0.3 is 4.90 Å². The summed E-state index contributed by atoms with van der Waals surface area (Å²) in [6, 6.07) is 7.64. The molecule has 0 aliphatic carbocycles. The van der Waals surface area contributed by atoms with Crippen LogP contribution in [-0.4, -0.2) is 49.1 Å². The molecule has 2 aromatic rings. The van der Waals surface area contributed by atoms with Crippen LogP contribution in [0, 0.1) is 0 Å². The number of hydrogen-bond acceptors (Lipinski definition) is 5. The first-order valence-electron chi connectivity index (χ1n) is 8.34. The number of nitrogens with zero attached hydrogens (tertiary/aromatic N) is 3. The normalized spacial score (nSPS) is 20.6. The van der Waals surface area contributed by atoms with Crippen molar-refractivity contribution in [2.75, 3.05) is 23.9 Å². The van der Waals surface area contributed by atoms with Crippen LogP contribution >= 0.6 is 11.3 Å². The van der Waals surface area contributed by atoms with Crippen molar-refractivity contribution in [2.45, 2.75) is 24.5 Å². The first-order chi connectivity index (χ1) is 12.1. The van der Waals surface area contributed by atoms with Gasteiger partial charge in [-0.1, -0.05) is 18.2 Å². The number of carbonyl (C=O) groups is 1. The lowest BCUT2D eigenvalue weighted by Gasteiger charge is -2.34. The van der Waals surface area contributed by atoms with Crippen LogP contribution in [0.1, 0.15) is 28.9 Å². The van der Waals surface area contributed by atoms with Gasteiger partial charge in [-0.25, -0.2) is 13.4 Å². The second-order valence-electron chi connectivity index (χ2n) is 6.38. The molecular formula is C17H19N3O3S2. The molecule has 3 heterocycles. The van der Waals surface area contributed by atoms with Gasteiger partial charge in [0, 0.05) is 25.0 Å². The number of rotatable bonds is 3. The number of fused-ring (bicyclic) bond motifs is 1. The lowest BCUT2D eigenvalue weighted by molar-refractivity contribution is 0.0721. The fourth-order valence-corrected chi connectivity index (χ4v) is 6.11.